The van der Waals surface area contributed by atoms with Crippen molar-refractivity contribution in [2.75, 3.05) is 26.1 Å². The van der Waals surface area contributed by atoms with Gasteiger partial charge in [-0.25, -0.2) is 18.1 Å². The van der Waals surface area contributed by atoms with Gasteiger partial charge in [0.15, 0.2) is 11.5 Å². The van der Waals surface area contributed by atoms with Gasteiger partial charge in [-0.1, -0.05) is 19.4 Å². The van der Waals surface area contributed by atoms with Gasteiger partial charge in [0.05, 0.1) is 31.2 Å². The summed E-state index contributed by atoms with van der Waals surface area (Å²) in [7, 11) is -0.474. The van der Waals surface area contributed by atoms with Crippen molar-refractivity contribution in [1.29, 1.82) is 0 Å². The van der Waals surface area contributed by atoms with Gasteiger partial charge in [-0.15, -0.1) is 11.3 Å². The molecule has 1 heterocycles. The van der Waals surface area contributed by atoms with Crippen LogP contribution in [0.15, 0.2) is 52.7 Å². The summed E-state index contributed by atoms with van der Waals surface area (Å²) in [6.07, 6.45) is 1.72. The molecule has 0 unspecified atom stereocenters. The maximum Gasteiger partial charge on any atom is 0.240 e. The summed E-state index contributed by atoms with van der Waals surface area (Å²) in [5, 5.41) is 5.33. The summed E-state index contributed by atoms with van der Waals surface area (Å²) in [6, 6.07) is 11.7. The van der Waals surface area contributed by atoms with Crippen LogP contribution in [0.4, 0.5) is 5.69 Å². The third-order valence-corrected chi connectivity index (χ3v) is 7.17. The Balaban J connectivity index is 1.66. The standard InChI is InChI=1S/C23H27N3O5S2/c1-4-5-11-24-33(28,29)19-8-6-7-17(13-19)25-22(27)14-18-15-32-23(26-18)16-9-10-20(30-2)21(12-16)31-3/h6-10,12-13,15,24H,4-5,11,14H2,1-3H3,(H,25,27). The number of amides is 1. The highest BCUT2D eigenvalue weighted by molar-refractivity contribution is 7.89. The first-order valence-electron chi connectivity index (χ1n) is 10.4. The predicted octanol–water partition coefficient (Wildman–Crippen LogP) is 4.09. The Morgan fingerprint density at radius 2 is 1.88 bits per heavy atom. The second-order valence-electron chi connectivity index (χ2n) is 7.22. The Morgan fingerprint density at radius 1 is 1.09 bits per heavy atom. The van der Waals surface area contributed by atoms with Crippen molar-refractivity contribution in [3.8, 4) is 22.1 Å². The van der Waals surface area contributed by atoms with Crippen LogP contribution in [-0.4, -0.2) is 40.1 Å². The molecule has 33 heavy (non-hydrogen) atoms. The maximum atomic E-state index is 12.5. The molecule has 176 valence electrons. The van der Waals surface area contributed by atoms with Gasteiger partial charge in [0.1, 0.15) is 5.01 Å². The Bertz CT molecular complexity index is 1210. The van der Waals surface area contributed by atoms with Gasteiger partial charge in [-0.2, -0.15) is 0 Å². The number of hydrogen-bond donors (Lipinski definition) is 2. The van der Waals surface area contributed by atoms with Crippen LogP contribution in [0.1, 0.15) is 25.5 Å². The molecule has 2 N–H and O–H groups in total. The molecule has 2 aromatic carbocycles. The number of anilines is 1. The molecule has 0 spiro atoms. The van der Waals surface area contributed by atoms with Gasteiger partial charge in [0.25, 0.3) is 0 Å². The number of carbonyl (C=O) groups is 1. The topological polar surface area (TPSA) is 107 Å². The molecular formula is C23H27N3O5S2. The number of benzene rings is 2. The number of nitrogens with zero attached hydrogens (tertiary/aromatic N) is 1. The van der Waals surface area contributed by atoms with Gasteiger partial charge >= 0.3 is 0 Å². The quantitative estimate of drug-likeness (QED) is 0.393. The van der Waals surface area contributed by atoms with Crippen LogP contribution < -0.4 is 19.5 Å². The molecule has 0 saturated carbocycles. The highest BCUT2D eigenvalue weighted by Gasteiger charge is 2.15. The average Bonchev–Trinajstić information content (AvgIpc) is 3.27. The highest BCUT2D eigenvalue weighted by Crippen LogP contribution is 2.33. The van der Waals surface area contributed by atoms with Gasteiger partial charge < -0.3 is 14.8 Å². The molecule has 3 rings (SSSR count). The van der Waals surface area contributed by atoms with Crippen LogP contribution in [0, 0.1) is 0 Å². The van der Waals surface area contributed by atoms with Gasteiger partial charge in [0, 0.05) is 23.2 Å². The third-order valence-electron chi connectivity index (χ3n) is 4.77. The number of carbonyl (C=O) groups excluding carboxylic acids is 1. The number of unbranched alkanes of at least 4 members (excludes halogenated alkanes) is 1. The van der Waals surface area contributed by atoms with E-state index in [1.807, 2.05) is 24.4 Å². The second-order valence-corrected chi connectivity index (χ2v) is 9.84. The van der Waals surface area contributed by atoms with Crippen LogP contribution in [0.25, 0.3) is 10.6 Å². The maximum absolute atomic E-state index is 12.5. The molecule has 8 nitrogen and oxygen atoms in total. The molecule has 0 atom stereocenters. The van der Waals surface area contributed by atoms with Crippen molar-refractivity contribution in [1.82, 2.24) is 9.71 Å². The molecule has 0 fully saturated rings. The van der Waals surface area contributed by atoms with Crippen LogP contribution in [-0.2, 0) is 21.2 Å². The summed E-state index contributed by atoms with van der Waals surface area (Å²) in [4.78, 5) is 17.2. The predicted molar refractivity (Wildman–Crippen MR) is 130 cm³/mol. The van der Waals surface area contributed by atoms with Gasteiger partial charge in [0.2, 0.25) is 15.9 Å². The lowest BCUT2D eigenvalue weighted by molar-refractivity contribution is -0.115. The summed E-state index contributed by atoms with van der Waals surface area (Å²) < 4.78 is 38.0. The van der Waals surface area contributed by atoms with Crippen LogP contribution in [0.3, 0.4) is 0 Å². The molecule has 0 saturated heterocycles. The normalized spacial score (nSPS) is 11.2. The SMILES string of the molecule is CCCCNS(=O)(=O)c1cccc(NC(=O)Cc2csc(-c3ccc(OC)c(OC)c3)n2)c1. The zero-order valence-corrected chi connectivity index (χ0v) is 20.4. The number of rotatable bonds is 11. The monoisotopic (exact) mass is 489 g/mol. The molecule has 10 heteroatoms. The fourth-order valence-corrected chi connectivity index (χ4v) is 5.00. The molecule has 0 bridgehead atoms. The molecule has 0 aliphatic carbocycles. The Kier molecular flexibility index (Phi) is 8.43. The van der Waals surface area contributed by atoms with E-state index in [-0.39, 0.29) is 17.2 Å². The van der Waals surface area contributed by atoms with E-state index in [2.05, 4.69) is 15.0 Å². The Hall–Kier alpha value is -2.95. The van der Waals surface area contributed by atoms with E-state index in [1.54, 1.807) is 32.4 Å². The minimum atomic E-state index is -3.62. The minimum absolute atomic E-state index is 0.0650. The zero-order chi connectivity index (χ0) is 23.8. The zero-order valence-electron chi connectivity index (χ0n) is 18.8. The highest BCUT2D eigenvalue weighted by atomic mass is 32.2. The number of thiazole rings is 1. The number of sulfonamides is 1. The fourth-order valence-electron chi connectivity index (χ4n) is 3.07. The molecule has 1 amide bonds. The van der Waals surface area contributed by atoms with E-state index in [4.69, 9.17) is 9.47 Å². The Labute approximate surface area is 198 Å². The van der Waals surface area contributed by atoms with Crippen LogP contribution >= 0.6 is 11.3 Å². The molecule has 0 radical (unpaired) electrons. The average molecular weight is 490 g/mol. The first-order valence-corrected chi connectivity index (χ1v) is 12.8. The number of aromatic nitrogens is 1. The summed E-state index contributed by atoms with van der Waals surface area (Å²) in [5.41, 5.74) is 1.89. The second kappa shape index (κ2) is 11.3. The summed E-state index contributed by atoms with van der Waals surface area (Å²) >= 11 is 1.42. The lowest BCUT2D eigenvalue weighted by Crippen LogP contribution is -2.25. The molecule has 3 aromatic rings. The van der Waals surface area contributed by atoms with E-state index in [0.29, 0.717) is 29.4 Å². The summed E-state index contributed by atoms with van der Waals surface area (Å²) in [5.74, 6) is 0.943. The van der Waals surface area contributed by atoms with E-state index >= 15 is 0 Å². The molecular weight excluding hydrogens is 462 g/mol. The van der Waals surface area contributed by atoms with Crippen molar-refractivity contribution in [2.24, 2.45) is 0 Å². The number of ether oxygens (including phenoxy) is 2. The van der Waals surface area contributed by atoms with Crippen molar-refractivity contribution in [2.45, 2.75) is 31.1 Å². The third kappa shape index (κ3) is 6.53. The number of methoxy groups -OCH3 is 2. The van der Waals surface area contributed by atoms with Gasteiger partial charge in [-0.3, -0.25) is 4.79 Å². The van der Waals surface area contributed by atoms with Crippen molar-refractivity contribution in [3.63, 3.8) is 0 Å². The lowest BCUT2D eigenvalue weighted by atomic mass is 10.2. The van der Waals surface area contributed by atoms with Crippen molar-refractivity contribution in [3.05, 3.63) is 53.5 Å². The summed E-state index contributed by atoms with van der Waals surface area (Å²) in [6.45, 7) is 2.37. The molecule has 1 aromatic heterocycles. The Morgan fingerprint density at radius 3 is 2.61 bits per heavy atom. The van der Waals surface area contributed by atoms with Crippen LogP contribution in [0.2, 0.25) is 0 Å². The van der Waals surface area contributed by atoms with E-state index in [1.165, 1.54) is 23.5 Å². The lowest BCUT2D eigenvalue weighted by Gasteiger charge is -2.09. The van der Waals surface area contributed by atoms with E-state index < -0.39 is 10.0 Å². The number of hydrogen-bond acceptors (Lipinski definition) is 7. The fraction of sp³-hybridized carbons (Fsp3) is 0.304. The van der Waals surface area contributed by atoms with Crippen molar-refractivity contribution >= 4 is 33.0 Å². The van der Waals surface area contributed by atoms with E-state index in [9.17, 15) is 13.2 Å². The van der Waals surface area contributed by atoms with E-state index in [0.717, 1.165) is 23.4 Å². The minimum Gasteiger partial charge on any atom is -0.493 e. The smallest absolute Gasteiger partial charge is 0.240 e. The first-order chi connectivity index (χ1) is 15.9. The molecule has 0 aliphatic heterocycles. The first kappa shape index (κ1) is 24.7. The van der Waals surface area contributed by atoms with Crippen molar-refractivity contribution < 1.29 is 22.7 Å². The largest absolute Gasteiger partial charge is 0.493 e. The van der Waals surface area contributed by atoms with Crippen LogP contribution in [0.5, 0.6) is 11.5 Å². The van der Waals surface area contributed by atoms with Gasteiger partial charge in [-0.05, 0) is 42.8 Å². The number of nitrogens with one attached hydrogen (secondary N) is 2. The molecule has 0 aliphatic rings.